The Morgan fingerprint density at radius 1 is 1.23 bits per heavy atom. The molecule has 0 saturated carbocycles. The number of rotatable bonds is 3. The minimum absolute atomic E-state index is 0.108. The Labute approximate surface area is 155 Å². The summed E-state index contributed by atoms with van der Waals surface area (Å²) in [6, 6.07) is 0.390. The van der Waals surface area contributed by atoms with Gasteiger partial charge < -0.3 is 9.47 Å². The molecule has 140 valence electrons. The highest BCUT2D eigenvalue weighted by atomic mass is 16.2. The average molecular weight is 355 g/mol. The highest BCUT2D eigenvalue weighted by Crippen LogP contribution is 2.30. The highest BCUT2D eigenvalue weighted by molar-refractivity contribution is 5.94. The van der Waals surface area contributed by atoms with Gasteiger partial charge in [0.2, 0.25) is 0 Å². The predicted octanol–water partition coefficient (Wildman–Crippen LogP) is 3.10. The van der Waals surface area contributed by atoms with Crippen LogP contribution in [0.2, 0.25) is 0 Å². The maximum atomic E-state index is 13.2. The van der Waals surface area contributed by atoms with Crippen LogP contribution in [0.1, 0.15) is 79.1 Å². The van der Waals surface area contributed by atoms with Gasteiger partial charge in [-0.15, -0.1) is 0 Å². The first-order chi connectivity index (χ1) is 12.6. The Bertz CT molecular complexity index is 803. The summed E-state index contributed by atoms with van der Waals surface area (Å²) in [5, 5.41) is 4.61. The summed E-state index contributed by atoms with van der Waals surface area (Å²) in [6.45, 7) is 5.92. The SMILES string of the molecule is CC(C)n1ccnc1C1CCCN(C(=O)c2nn(C)c3c2CCCC3)C1. The van der Waals surface area contributed by atoms with Gasteiger partial charge in [0.1, 0.15) is 5.82 Å². The molecule has 0 spiro atoms. The van der Waals surface area contributed by atoms with E-state index in [9.17, 15) is 4.79 Å². The Hall–Kier alpha value is -2.11. The van der Waals surface area contributed by atoms with Crippen molar-refractivity contribution in [1.82, 2.24) is 24.2 Å². The minimum Gasteiger partial charge on any atom is -0.337 e. The van der Waals surface area contributed by atoms with Gasteiger partial charge in [0.05, 0.1) is 0 Å². The maximum Gasteiger partial charge on any atom is 0.274 e. The van der Waals surface area contributed by atoms with Crippen molar-refractivity contribution in [2.75, 3.05) is 13.1 Å². The summed E-state index contributed by atoms with van der Waals surface area (Å²) in [4.78, 5) is 19.9. The second kappa shape index (κ2) is 6.89. The lowest BCUT2D eigenvalue weighted by atomic mass is 9.94. The third-order valence-corrected chi connectivity index (χ3v) is 5.90. The van der Waals surface area contributed by atoms with Crippen LogP contribution in [0.4, 0.5) is 0 Å². The normalized spacial score (nSPS) is 20.5. The van der Waals surface area contributed by atoms with E-state index < -0.39 is 0 Å². The zero-order chi connectivity index (χ0) is 18.3. The van der Waals surface area contributed by atoms with Crippen LogP contribution >= 0.6 is 0 Å². The van der Waals surface area contributed by atoms with Crippen LogP contribution in [0.25, 0.3) is 0 Å². The molecular formula is C20H29N5O. The molecule has 0 aromatic carbocycles. The van der Waals surface area contributed by atoms with E-state index in [0.29, 0.717) is 17.7 Å². The largest absolute Gasteiger partial charge is 0.337 e. The van der Waals surface area contributed by atoms with Crippen molar-refractivity contribution in [2.45, 2.75) is 64.3 Å². The minimum atomic E-state index is 0.108. The summed E-state index contributed by atoms with van der Waals surface area (Å²) >= 11 is 0. The third kappa shape index (κ3) is 2.95. The van der Waals surface area contributed by atoms with Crippen molar-refractivity contribution < 1.29 is 4.79 Å². The van der Waals surface area contributed by atoms with Crippen molar-refractivity contribution in [1.29, 1.82) is 0 Å². The first-order valence-electron chi connectivity index (χ1n) is 9.93. The predicted molar refractivity (Wildman–Crippen MR) is 100 cm³/mol. The molecule has 6 nitrogen and oxygen atoms in total. The molecule has 0 radical (unpaired) electrons. The van der Waals surface area contributed by atoms with Crippen LogP contribution in [0.3, 0.4) is 0 Å². The molecule has 2 aliphatic rings. The zero-order valence-electron chi connectivity index (χ0n) is 16.1. The van der Waals surface area contributed by atoms with Crippen LogP contribution in [0, 0.1) is 0 Å². The molecule has 1 aliphatic heterocycles. The number of amides is 1. The molecule has 2 aromatic heterocycles. The fourth-order valence-corrected chi connectivity index (χ4v) is 4.54. The van der Waals surface area contributed by atoms with E-state index in [1.165, 1.54) is 17.7 Å². The first kappa shape index (κ1) is 17.3. The Morgan fingerprint density at radius 2 is 2.04 bits per heavy atom. The molecule has 1 fully saturated rings. The molecule has 6 heteroatoms. The van der Waals surface area contributed by atoms with Gasteiger partial charge in [0.25, 0.3) is 5.91 Å². The van der Waals surface area contributed by atoms with Gasteiger partial charge in [-0.2, -0.15) is 5.10 Å². The second-order valence-electron chi connectivity index (χ2n) is 7.98. The number of hydrogen-bond acceptors (Lipinski definition) is 3. The number of carbonyl (C=O) groups excluding carboxylic acids is 1. The number of piperidine rings is 1. The zero-order valence-corrected chi connectivity index (χ0v) is 16.1. The van der Waals surface area contributed by atoms with Crippen molar-refractivity contribution >= 4 is 5.91 Å². The molecule has 1 amide bonds. The summed E-state index contributed by atoms with van der Waals surface area (Å²) in [5.74, 6) is 1.53. The highest BCUT2D eigenvalue weighted by Gasteiger charge is 2.32. The Morgan fingerprint density at radius 3 is 2.85 bits per heavy atom. The molecule has 3 heterocycles. The number of carbonyl (C=O) groups is 1. The van der Waals surface area contributed by atoms with Gasteiger partial charge in [0.15, 0.2) is 5.69 Å². The lowest BCUT2D eigenvalue weighted by molar-refractivity contribution is 0.0695. The van der Waals surface area contributed by atoms with Crippen LogP contribution in [-0.4, -0.2) is 43.2 Å². The number of nitrogens with zero attached hydrogens (tertiary/aromatic N) is 5. The van der Waals surface area contributed by atoms with E-state index in [4.69, 9.17) is 0 Å². The molecule has 1 atom stereocenters. The van der Waals surface area contributed by atoms with Crippen molar-refractivity contribution in [3.8, 4) is 0 Å². The number of fused-ring (bicyclic) bond motifs is 1. The topological polar surface area (TPSA) is 56.0 Å². The summed E-state index contributed by atoms with van der Waals surface area (Å²) in [5.41, 5.74) is 3.13. The molecular weight excluding hydrogens is 326 g/mol. The van der Waals surface area contributed by atoms with E-state index in [1.807, 2.05) is 22.8 Å². The van der Waals surface area contributed by atoms with Crippen LogP contribution in [0.15, 0.2) is 12.4 Å². The van der Waals surface area contributed by atoms with Crippen molar-refractivity contribution in [3.05, 3.63) is 35.2 Å². The van der Waals surface area contributed by atoms with Gasteiger partial charge in [-0.05, 0) is 52.4 Å². The quantitative estimate of drug-likeness (QED) is 0.850. The van der Waals surface area contributed by atoms with E-state index in [-0.39, 0.29) is 5.91 Å². The first-order valence-corrected chi connectivity index (χ1v) is 9.93. The summed E-state index contributed by atoms with van der Waals surface area (Å²) in [6.07, 6.45) is 10.4. The fraction of sp³-hybridized carbons (Fsp3) is 0.650. The number of imidazole rings is 1. The van der Waals surface area contributed by atoms with E-state index in [1.54, 1.807) is 0 Å². The van der Waals surface area contributed by atoms with Crippen molar-refractivity contribution in [3.63, 3.8) is 0 Å². The average Bonchev–Trinajstić information content (AvgIpc) is 3.27. The molecule has 1 unspecified atom stereocenters. The third-order valence-electron chi connectivity index (χ3n) is 5.90. The van der Waals surface area contributed by atoms with Crippen LogP contribution in [0.5, 0.6) is 0 Å². The van der Waals surface area contributed by atoms with Gasteiger partial charge >= 0.3 is 0 Å². The monoisotopic (exact) mass is 355 g/mol. The Kier molecular flexibility index (Phi) is 4.59. The number of aryl methyl sites for hydroxylation is 1. The van der Waals surface area contributed by atoms with Crippen LogP contribution < -0.4 is 0 Å². The van der Waals surface area contributed by atoms with Gasteiger partial charge in [-0.3, -0.25) is 9.48 Å². The number of likely N-dealkylation sites (tertiary alicyclic amines) is 1. The molecule has 1 saturated heterocycles. The standard InChI is InChI=1S/C20H29N5O/c1-14(2)25-12-10-21-19(25)15-7-6-11-24(13-15)20(26)18-16-8-4-5-9-17(16)23(3)22-18/h10,12,14-15H,4-9,11,13H2,1-3H3. The van der Waals surface area contributed by atoms with Gasteiger partial charge in [-0.25, -0.2) is 4.98 Å². The fourth-order valence-electron chi connectivity index (χ4n) is 4.54. The van der Waals surface area contributed by atoms with E-state index >= 15 is 0 Å². The smallest absolute Gasteiger partial charge is 0.274 e. The molecule has 1 aliphatic carbocycles. The second-order valence-corrected chi connectivity index (χ2v) is 7.98. The maximum absolute atomic E-state index is 13.2. The Balaban J connectivity index is 1.57. The molecule has 26 heavy (non-hydrogen) atoms. The number of aromatic nitrogens is 4. The summed E-state index contributed by atoms with van der Waals surface area (Å²) in [7, 11) is 1.97. The van der Waals surface area contributed by atoms with E-state index in [0.717, 1.165) is 51.0 Å². The molecule has 0 bridgehead atoms. The van der Waals surface area contributed by atoms with Gasteiger partial charge in [0, 0.05) is 55.7 Å². The summed E-state index contributed by atoms with van der Waals surface area (Å²) < 4.78 is 4.16. The number of hydrogen-bond donors (Lipinski definition) is 0. The lowest BCUT2D eigenvalue weighted by Crippen LogP contribution is -2.40. The van der Waals surface area contributed by atoms with Gasteiger partial charge in [-0.1, -0.05) is 0 Å². The molecule has 0 N–H and O–H groups in total. The molecule has 4 rings (SSSR count). The molecule has 2 aromatic rings. The lowest BCUT2D eigenvalue weighted by Gasteiger charge is -2.33. The van der Waals surface area contributed by atoms with Crippen LogP contribution in [-0.2, 0) is 19.9 Å². The van der Waals surface area contributed by atoms with E-state index in [2.05, 4.69) is 34.7 Å². The van der Waals surface area contributed by atoms with Crippen molar-refractivity contribution in [2.24, 2.45) is 7.05 Å².